The summed E-state index contributed by atoms with van der Waals surface area (Å²) >= 11 is 0. The highest BCUT2D eigenvalue weighted by molar-refractivity contribution is 4.73. The molecule has 0 aromatic carbocycles. The van der Waals surface area contributed by atoms with Gasteiger partial charge in [0.05, 0.1) is 0 Å². The normalized spacial score (nSPS) is 25.4. The van der Waals surface area contributed by atoms with Gasteiger partial charge in [0.2, 0.25) is 0 Å². The minimum Gasteiger partial charge on any atom is -0.309 e. The molecule has 1 radical (unpaired) electrons. The van der Waals surface area contributed by atoms with E-state index in [1.54, 1.807) is 0 Å². The summed E-state index contributed by atoms with van der Waals surface area (Å²) in [7, 11) is 4.34. The average Bonchev–Trinajstić information content (AvgIpc) is 2.34. The molecule has 0 aliphatic heterocycles. The molecule has 0 spiro atoms. The fraction of sp³-hybridized carbons (Fsp3) is 0.938. The fourth-order valence-electron chi connectivity index (χ4n) is 3.02. The van der Waals surface area contributed by atoms with Crippen molar-refractivity contribution in [3.05, 3.63) is 6.92 Å². The number of nitrogens with zero attached hydrogens (tertiary/aromatic N) is 1. The van der Waals surface area contributed by atoms with Crippen molar-refractivity contribution in [1.82, 2.24) is 4.90 Å². The van der Waals surface area contributed by atoms with Gasteiger partial charge in [0.1, 0.15) is 0 Å². The van der Waals surface area contributed by atoms with Crippen molar-refractivity contribution in [3.63, 3.8) is 0 Å². The van der Waals surface area contributed by atoms with Crippen LogP contribution in [0.4, 0.5) is 0 Å². The highest BCUT2D eigenvalue weighted by atomic mass is 15.0. The SMILES string of the molecule is [CH2]CC1CCC(CCCCCCN(C)C)CC1. The molecule has 1 rings (SSSR count). The van der Waals surface area contributed by atoms with Crippen LogP contribution in [0.15, 0.2) is 0 Å². The van der Waals surface area contributed by atoms with Gasteiger partial charge < -0.3 is 4.90 Å². The zero-order valence-corrected chi connectivity index (χ0v) is 12.1. The van der Waals surface area contributed by atoms with Crippen LogP contribution in [0.1, 0.15) is 64.2 Å². The lowest BCUT2D eigenvalue weighted by Crippen LogP contribution is -2.14. The summed E-state index contributed by atoms with van der Waals surface area (Å²) in [4.78, 5) is 2.29. The summed E-state index contributed by atoms with van der Waals surface area (Å²) in [5.74, 6) is 2.00. The fourth-order valence-corrected chi connectivity index (χ4v) is 3.02. The molecule has 1 fully saturated rings. The second kappa shape index (κ2) is 8.97. The Labute approximate surface area is 109 Å². The lowest BCUT2D eigenvalue weighted by Gasteiger charge is -2.27. The first-order valence-corrected chi connectivity index (χ1v) is 7.66. The third kappa shape index (κ3) is 7.08. The van der Waals surface area contributed by atoms with E-state index in [0.717, 1.165) is 18.3 Å². The lowest BCUT2D eigenvalue weighted by molar-refractivity contribution is 0.258. The summed E-state index contributed by atoms with van der Waals surface area (Å²) < 4.78 is 0. The predicted molar refractivity (Wildman–Crippen MR) is 77.1 cm³/mol. The van der Waals surface area contributed by atoms with Gasteiger partial charge >= 0.3 is 0 Å². The third-order valence-electron chi connectivity index (χ3n) is 4.34. The quantitative estimate of drug-likeness (QED) is 0.562. The Hall–Kier alpha value is -0.0400. The third-order valence-corrected chi connectivity index (χ3v) is 4.34. The van der Waals surface area contributed by atoms with Gasteiger partial charge in [-0.3, -0.25) is 0 Å². The number of hydrogen-bond acceptors (Lipinski definition) is 1. The number of hydrogen-bond donors (Lipinski definition) is 0. The zero-order valence-electron chi connectivity index (χ0n) is 12.1. The van der Waals surface area contributed by atoms with Crippen molar-refractivity contribution in [2.75, 3.05) is 20.6 Å². The van der Waals surface area contributed by atoms with Crippen LogP contribution in [0, 0.1) is 18.8 Å². The first-order chi connectivity index (χ1) is 8.22. The van der Waals surface area contributed by atoms with Gasteiger partial charge in [-0.05, 0) is 38.9 Å². The van der Waals surface area contributed by atoms with E-state index in [1.165, 1.54) is 64.3 Å². The van der Waals surface area contributed by atoms with E-state index in [4.69, 9.17) is 0 Å². The molecule has 1 aliphatic rings. The molecular weight excluding hydrogens is 206 g/mol. The molecule has 0 heterocycles. The molecule has 17 heavy (non-hydrogen) atoms. The molecule has 0 amide bonds. The molecule has 1 nitrogen and oxygen atoms in total. The molecule has 1 saturated carbocycles. The van der Waals surface area contributed by atoms with E-state index in [2.05, 4.69) is 25.9 Å². The van der Waals surface area contributed by atoms with Gasteiger partial charge in [-0.25, -0.2) is 0 Å². The van der Waals surface area contributed by atoms with Crippen LogP contribution in [-0.4, -0.2) is 25.5 Å². The van der Waals surface area contributed by atoms with Crippen molar-refractivity contribution in [3.8, 4) is 0 Å². The maximum atomic E-state index is 4.04. The number of unbranched alkanes of at least 4 members (excludes halogenated alkanes) is 3. The second-order valence-corrected chi connectivity index (χ2v) is 6.18. The maximum Gasteiger partial charge on any atom is -0.00248 e. The second-order valence-electron chi connectivity index (χ2n) is 6.18. The molecule has 0 aromatic rings. The monoisotopic (exact) mass is 238 g/mol. The molecule has 0 saturated heterocycles. The Morgan fingerprint density at radius 2 is 1.47 bits per heavy atom. The summed E-state index contributed by atoms with van der Waals surface area (Å²) in [5, 5.41) is 0. The molecule has 0 bridgehead atoms. The van der Waals surface area contributed by atoms with Crippen LogP contribution >= 0.6 is 0 Å². The van der Waals surface area contributed by atoms with Gasteiger partial charge in [-0.2, -0.15) is 0 Å². The highest BCUT2D eigenvalue weighted by Gasteiger charge is 2.19. The van der Waals surface area contributed by atoms with Crippen molar-refractivity contribution >= 4 is 0 Å². The standard InChI is InChI=1S/C16H32N/c1-4-15-10-12-16(13-11-15)9-7-5-6-8-14-17(2)3/h15-16H,1,4-14H2,2-3H3. The Morgan fingerprint density at radius 1 is 0.882 bits per heavy atom. The Balaban J connectivity index is 1.90. The van der Waals surface area contributed by atoms with Crippen molar-refractivity contribution in [1.29, 1.82) is 0 Å². The van der Waals surface area contributed by atoms with Gasteiger partial charge in [0.15, 0.2) is 0 Å². The van der Waals surface area contributed by atoms with Gasteiger partial charge in [-0.15, -0.1) is 0 Å². The largest absolute Gasteiger partial charge is 0.309 e. The molecule has 0 aromatic heterocycles. The topological polar surface area (TPSA) is 3.24 Å². The van der Waals surface area contributed by atoms with E-state index in [0.29, 0.717) is 0 Å². The minimum absolute atomic E-state index is 0.950. The molecule has 1 aliphatic carbocycles. The van der Waals surface area contributed by atoms with Gasteiger partial charge in [-0.1, -0.05) is 64.7 Å². The first-order valence-electron chi connectivity index (χ1n) is 7.66. The lowest BCUT2D eigenvalue weighted by atomic mass is 9.79. The van der Waals surface area contributed by atoms with Crippen LogP contribution < -0.4 is 0 Å². The van der Waals surface area contributed by atoms with Crippen LogP contribution in [0.5, 0.6) is 0 Å². The molecular formula is C16H32N. The summed E-state index contributed by atoms with van der Waals surface area (Å²) in [6, 6.07) is 0. The van der Waals surface area contributed by atoms with E-state index in [1.807, 2.05) is 0 Å². The summed E-state index contributed by atoms with van der Waals surface area (Å²) in [5.41, 5.74) is 0. The average molecular weight is 238 g/mol. The Kier molecular flexibility index (Phi) is 7.92. The Bertz CT molecular complexity index is 168. The predicted octanol–water partition coefficient (Wildman–Crippen LogP) is 4.53. The van der Waals surface area contributed by atoms with E-state index in [-0.39, 0.29) is 0 Å². The minimum atomic E-state index is 0.950. The maximum absolute atomic E-state index is 4.04. The zero-order chi connectivity index (χ0) is 12.5. The van der Waals surface area contributed by atoms with Crippen LogP contribution in [0.2, 0.25) is 0 Å². The number of rotatable bonds is 8. The van der Waals surface area contributed by atoms with Crippen LogP contribution in [0.25, 0.3) is 0 Å². The summed E-state index contributed by atoms with van der Waals surface area (Å²) in [6.07, 6.45) is 14.2. The molecule has 101 valence electrons. The van der Waals surface area contributed by atoms with E-state index < -0.39 is 0 Å². The van der Waals surface area contributed by atoms with E-state index >= 15 is 0 Å². The van der Waals surface area contributed by atoms with Crippen molar-refractivity contribution in [2.45, 2.75) is 64.2 Å². The molecule has 0 atom stereocenters. The van der Waals surface area contributed by atoms with Crippen molar-refractivity contribution < 1.29 is 0 Å². The van der Waals surface area contributed by atoms with Crippen molar-refractivity contribution in [2.24, 2.45) is 11.8 Å². The molecule has 0 unspecified atom stereocenters. The molecule has 0 N–H and O–H groups in total. The van der Waals surface area contributed by atoms with Gasteiger partial charge in [0.25, 0.3) is 0 Å². The van der Waals surface area contributed by atoms with E-state index in [9.17, 15) is 0 Å². The van der Waals surface area contributed by atoms with Crippen LogP contribution in [0.3, 0.4) is 0 Å². The first kappa shape index (κ1) is 15.0. The van der Waals surface area contributed by atoms with Crippen LogP contribution in [-0.2, 0) is 0 Å². The molecule has 1 heteroatoms. The smallest absolute Gasteiger partial charge is 0.00248 e. The van der Waals surface area contributed by atoms with Gasteiger partial charge in [0, 0.05) is 0 Å². The highest BCUT2D eigenvalue weighted by Crippen LogP contribution is 2.33. The summed E-state index contributed by atoms with van der Waals surface area (Å²) in [6.45, 7) is 5.30. The Morgan fingerprint density at radius 3 is 2.06 bits per heavy atom.